The van der Waals surface area contributed by atoms with Crippen LogP contribution in [-0.4, -0.2) is 28.1 Å². The number of aliphatic carboxylic acids is 2. The SMILES string of the molecule is CC1C(C(=O)O)C(C(=O)ON)C1C(=O)O. The Hall–Kier alpha value is -1.63. The molecule has 0 amide bonds. The van der Waals surface area contributed by atoms with Gasteiger partial charge in [0.15, 0.2) is 0 Å². The number of carboxylic acids is 2. The highest BCUT2D eigenvalue weighted by Crippen LogP contribution is 2.46. The molecule has 1 aliphatic rings. The van der Waals surface area contributed by atoms with E-state index in [0.29, 0.717) is 0 Å². The highest BCUT2D eigenvalue weighted by Gasteiger charge is 2.59. The van der Waals surface area contributed by atoms with Gasteiger partial charge in [0, 0.05) is 0 Å². The van der Waals surface area contributed by atoms with Gasteiger partial charge in [-0.25, -0.2) is 0 Å². The van der Waals surface area contributed by atoms with E-state index in [1.807, 2.05) is 0 Å². The van der Waals surface area contributed by atoms with Crippen LogP contribution in [0.4, 0.5) is 0 Å². The number of carbonyl (C=O) groups excluding carboxylic acids is 1. The summed E-state index contributed by atoms with van der Waals surface area (Å²) < 4.78 is 0. The average molecular weight is 217 g/mol. The first-order chi connectivity index (χ1) is 6.91. The first-order valence-corrected chi connectivity index (χ1v) is 4.28. The molecule has 0 aliphatic heterocycles. The van der Waals surface area contributed by atoms with Crippen LogP contribution in [0.3, 0.4) is 0 Å². The van der Waals surface area contributed by atoms with Gasteiger partial charge in [0.25, 0.3) is 0 Å². The van der Waals surface area contributed by atoms with Crippen molar-refractivity contribution in [2.45, 2.75) is 6.92 Å². The Kier molecular flexibility index (Phi) is 2.94. The number of hydrogen-bond donors (Lipinski definition) is 3. The Morgan fingerprint density at radius 2 is 1.47 bits per heavy atom. The Morgan fingerprint density at radius 3 is 1.73 bits per heavy atom. The van der Waals surface area contributed by atoms with E-state index in [1.165, 1.54) is 6.92 Å². The zero-order valence-corrected chi connectivity index (χ0v) is 7.91. The molecule has 7 nitrogen and oxygen atoms in total. The predicted molar refractivity (Wildman–Crippen MR) is 45.2 cm³/mol. The first kappa shape index (κ1) is 11.4. The lowest BCUT2D eigenvalue weighted by Gasteiger charge is -2.43. The fourth-order valence-electron chi connectivity index (χ4n) is 2.08. The Morgan fingerprint density at radius 1 is 1.07 bits per heavy atom. The predicted octanol–water partition coefficient (Wildman–Crippen LogP) is -0.929. The molecule has 0 saturated heterocycles. The maximum Gasteiger partial charge on any atom is 0.329 e. The number of rotatable bonds is 3. The quantitative estimate of drug-likeness (QED) is 0.521. The summed E-state index contributed by atoms with van der Waals surface area (Å²) in [7, 11) is 0. The van der Waals surface area contributed by atoms with E-state index < -0.39 is 41.6 Å². The van der Waals surface area contributed by atoms with Gasteiger partial charge < -0.3 is 15.1 Å². The second-order valence-corrected chi connectivity index (χ2v) is 3.55. The van der Waals surface area contributed by atoms with Gasteiger partial charge in [0.05, 0.1) is 17.8 Å². The molecule has 1 fully saturated rings. The van der Waals surface area contributed by atoms with Gasteiger partial charge in [-0.3, -0.25) is 14.4 Å². The highest BCUT2D eigenvalue weighted by molar-refractivity contribution is 5.90. The van der Waals surface area contributed by atoms with E-state index in [4.69, 9.17) is 10.2 Å². The standard InChI is InChI=1S/C8H11NO6/c1-2-3(6(10)11)5(8(14)15-9)4(2)7(12)13/h2-5H,9H2,1H3,(H,10,11)(H,12,13). The fraction of sp³-hybridized carbons (Fsp3) is 0.625. The molecule has 15 heavy (non-hydrogen) atoms. The Bertz CT molecular complexity index is 292. The van der Waals surface area contributed by atoms with Gasteiger partial charge in [0.2, 0.25) is 0 Å². The van der Waals surface area contributed by atoms with Crippen molar-refractivity contribution in [1.29, 1.82) is 0 Å². The summed E-state index contributed by atoms with van der Waals surface area (Å²) >= 11 is 0. The minimum Gasteiger partial charge on any atom is -0.481 e. The third-order valence-electron chi connectivity index (χ3n) is 2.87. The van der Waals surface area contributed by atoms with Gasteiger partial charge >= 0.3 is 17.9 Å². The van der Waals surface area contributed by atoms with E-state index in [9.17, 15) is 14.4 Å². The van der Waals surface area contributed by atoms with Crippen molar-refractivity contribution >= 4 is 17.9 Å². The van der Waals surface area contributed by atoms with Gasteiger partial charge in [-0.2, -0.15) is 5.90 Å². The molecule has 0 aromatic carbocycles. The maximum atomic E-state index is 11.1. The molecular formula is C8H11NO6. The molecule has 0 spiro atoms. The van der Waals surface area contributed by atoms with Crippen molar-refractivity contribution < 1.29 is 29.4 Å². The van der Waals surface area contributed by atoms with Gasteiger partial charge in [-0.1, -0.05) is 6.92 Å². The summed E-state index contributed by atoms with van der Waals surface area (Å²) in [6.45, 7) is 1.47. The molecule has 0 aromatic heterocycles. The van der Waals surface area contributed by atoms with Crippen LogP contribution in [0.2, 0.25) is 0 Å². The normalized spacial score (nSPS) is 34.0. The smallest absolute Gasteiger partial charge is 0.329 e. The lowest BCUT2D eigenvalue weighted by molar-refractivity contribution is -0.186. The van der Waals surface area contributed by atoms with Crippen LogP contribution in [0.1, 0.15) is 6.92 Å². The van der Waals surface area contributed by atoms with Crippen molar-refractivity contribution in [2.75, 3.05) is 0 Å². The van der Waals surface area contributed by atoms with Crippen LogP contribution in [0.25, 0.3) is 0 Å². The molecule has 2 unspecified atom stereocenters. The third-order valence-corrected chi connectivity index (χ3v) is 2.87. The van der Waals surface area contributed by atoms with E-state index in [0.717, 1.165) is 0 Å². The summed E-state index contributed by atoms with van der Waals surface area (Å²) in [4.78, 5) is 36.5. The fourth-order valence-corrected chi connectivity index (χ4v) is 2.08. The number of hydrogen-bond acceptors (Lipinski definition) is 5. The summed E-state index contributed by atoms with van der Waals surface area (Å²) in [5, 5.41) is 17.6. The van der Waals surface area contributed by atoms with Crippen LogP contribution in [0.5, 0.6) is 0 Å². The molecule has 1 rings (SSSR count). The Labute approximate surface area is 84.8 Å². The average Bonchev–Trinajstić information content (AvgIpc) is 2.11. The van der Waals surface area contributed by atoms with Crippen LogP contribution >= 0.6 is 0 Å². The molecule has 0 bridgehead atoms. The minimum atomic E-state index is -1.21. The molecule has 7 heteroatoms. The topological polar surface area (TPSA) is 127 Å². The molecule has 1 saturated carbocycles. The second-order valence-electron chi connectivity index (χ2n) is 3.55. The summed E-state index contributed by atoms with van der Waals surface area (Å²) in [6, 6.07) is 0. The minimum absolute atomic E-state index is 0.607. The summed E-state index contributed by atoms with van der Waals surface area (Å²) in [6.07, 6.45) is 0. The molecular weight excluding hydrogens is 206 g/mol. The largest absolute Gasteiger partial charge is 0.481 e. The van der Waals surface area contributed by atoms with Crippen molar-refractivity contribution in [1.82, 2.24) is 0 Å². The van der Waals surface area contributed by atoms with E-state index >= 15 is 0 Å². The van der Waals surface area contributed by atoms with E-state index in [1.54, 1.807) is 0 Å². The number of carboxylic acid groups (broad SMARTS) is 2. The van der Waals surface area contributed by atoms with Crippen LogP contribution in [0.15, 0.2) is 0 Å². The molecule has 0 radical (unpaired) electrons. The Balaban J connectivity index is 2.90. The van der Waals surface area contributed by atoms with Gasteiger partial charge in [0.1, 0.15) is 0 Å². The van der Waals surface area contributed by atoms with Crippen molar-refractivity contribution in [2.24, 2.45) is 29.6 Å². The van der Waals surface area contributed by atoms with Crippen LogP contribution in [-0.2, 0) is 19.2 Å². The van der Waals surface area contributed by atoms with Crippen LogP contribution < -0.4 is 5.90 Å². The third kappa shape index (κ3) is 1.65. The number of carbonyl (C=O) groups is 3. The molecule has 4 N–H and O–H groups in total. The van der Waals surface area contributed by atoms with Crippen molar-refractivity contribution in [3.05, 3.63) is 0 Å². The molecule has 0 aromatic rings. The van der Waals surface area contributed by atoms with Crippen LogP contribution in [0, 0.1) is 23.7 Å². The lowest BCUT2D eigenvalue weighted by atomic mass is 9.57. The van der Waals surface area contributed by atoms with Crippen molar-refractivity contribution in [3.63, 3.8) is 0 Å². The summed E-state index contributed by atoms with van der Waals surface area (Å²) in [5.41, 5.74) is 0. The van der Waals surface area contributed by atoms with E-state index in [-0.39, 0.29) is 0 Å². The first-order valence-electron chi connectivity index (χ1n) is 4.28. The molecule has 84 valence electrons. The monoisotopic (exact) mass is 217 g/mol. The zero-order chi connectivity index (χ0) is 11.7. The highest BCUT2D eigenvalue weighted by atomic mass is 16.7. The maximum absolute atomic E-state index is 11.1. The zero-order valence-electron chi connectivity index (χ0n) is 7.91. The molecule has 2 atom stereocenters. The summed E-state index contributed by atoms with van der Waals surface area (Å²) in [5.74, 6) is -2.68. The van der Waals surface area contributed by atoms with E-state index in [2.05, 4.69) is 10.7 Å². The lowest BCUT2D eigenvalue weighted by Crippen LogP contribution is -2.56. The second kappa shape index (κ2) is 3.85. The van der Waals surface area contributed by atoms with Gasteiger partial charge in [-0.15, -0.1) is 0 Å². The van der Waals surface area contributed by atoms with Gasteiger partial charge in [-0.05, 0) is 5.92 Å². The molecule has 0 heterocycles. The number of nitrogens with two attached hydrogens (primary N) is 1. The van der Waals surface area contributed by atoms with Crippen molar-refractivity contribution in [3.8, 4) is 0 Å². The molecule has 1 aliphatic carbocycles.